The summed E-state index contributed by atoms with van der Waals surface area (Å²) in [5, 5.41) is 8.72. The molecule has 1 unspecified atom stereocenters. The Hall–Kier alpha value is -1.40. The lowest BCUT2D eigenvalue weighted by Gasteiger charge is -2.31. The van der Waals surface area contributed by atoms with Gasteiger partial charge in [0.2, 0.25) is 0 Å². The Morgan fingerprint density at radius 3 is 3.00 bits per heavy atom. The average molecular weight is 215 g/mol. The number of aromatic nitrogens is 1. The Kier molecular flexibility index (Phi) is 3.90. The van der Waals surface area contributed by atoms with Crippen LogP contribution in [0.15, 0.2) is 24.5 Å². The van der Waals surface area contributed by atoms with E-state index in [1.807, 2.05) is 12.4 Å². The van der Waals surface area contributed by atoms with Gasteiger partial charge in [0.1, 0.15) is 0 Å². The summed E-state index contributed by atoms with van der Waals surface area (Å²) in [6.07, 6.45) is 6.81. The predicted molar refractivity (Wildman–Crippen MR) is 62.5 cm³/mol. The Morgan fingerprint density at radius 1 is 1.44 bits per heavy atom. The number of rotatable bonds is 3. The minimum absolute atomic E-state index is 0.570. The van der Waals surface area contributed by atoms with Gasteiger partial charge in [-0.15, -0.1) is 0 Å². The fraction of sp³-hybridized carbons (Fsp3) is 0.538. The molecule has 3 heteroatoms. The molecule has 1 aromatic heterocycles. The van der Waals surface area contributed by atoms with Gasteiger partial charge in [-0.05, 0) is 43.0 Å². The molecule has 0 aliphatic carbocycles. The fourth-order valence-corrected chi connectivity index (χ4v) is 2.34. The Bertz CT molecular complexity index is 355. The largest absolute Gasteiger partial charge is 0.299 e. The third-order valence-corrected chi connectivity index (χ3v) is 3.14. The predicted octanol–water partition coefficient (Wildman–Crippen LogP) is 2.21. The van der Waals surface area contributed by atoms with Gasteiger partial charge in [0.25, 0.3) is 0 Å². The summed E-state index contributed by atoms with van der Waals surface area (Å²) in [6.45, 7) is 3.21. The first kappa shape index (κ1) is 11.1. The van der Waals surface area contributed by atoms with Crippen LogP contribution in [-0.2, 0) is 6.54 Å². The van der Waals surface area contributed by atoms with Gasteiger partial charge in [-0.3, -0.25) is 9.88 Å². The van der Waals surface area contributed by atoms with Crippen molar-refractivity contribution in [1.82, 2.24) is 9.88 Å². The number of hydrogen-bond acceptors (Lipinski definition) is 3. The summed E-state index contributed by atoms with van der Waals surface area (Å²) in [4.78, 5) is 6.47. The highest BCUT2D eigenvalue weighted by atomic mass is 15.1. The summed E-state index contributed by atoms with van der Waals surface area (Å²) in [5.41, 5.74) is 1.31. The van der Waals surface area contributed by atoms with Gasteiger partial charge < -0.3 is 0 Å². The SMILES string of the molecule is N#CCC1CCCN(Cc2ccncc2)C1. The molecule has 0 radical (unpaired) electrons. The van der Waals surface area contributed by atoms with Gasteiger partial charge in [-0.1, -0.05) is 0 Å². The molecule has 0 N–H and O–H groups in total. The third kappa shape index (κ3) is 3.04. The lowest BCUT2D eigenvalue weighted by atomic mass is 9.95. The maximum absolute atomic E-state index is 8.72. The molecule has 0 amide bonds. The molecule has 2 rings (SSSR count). The zero-order valence-electron chi connectivity index (χ0n) is 9.47. The quantitative estimate of drug-likeness (QED) is 0.776. The minimum Gasteiger partial charge on any atom is -0.299 e. The average Bonchev–Trinajstić information content (AvgIpc) is 2.31. The lowest BCUT2D eigenvalue weighted by molar-refractivity contribution is 0.169. The van der Waals surface area contributed by atoms with E-state index in [4.69, 9.17) is 5.26 Å². The van der Waals surface area contributed by atoms with Crippen LogP contribution < -0.4 is 0 Å². The monoisotopic (exact) mass is 215 g/mol. The molecule has 3 nitrogen and oxygen atoms in total. The summed E-state index contributed by atoms with van der Waals surface area (Å²) < 4.78 is 0. The molecular weight excluding hydrogens is 198 g/mol. The smallest absolute Gasteiger partial charge is 0.0625 e. The van der Waals surface area contributed by atoms with Gasteiger partial charge in [0.15, 0.2) is 0 Å². The molecular formula is C13H17N3. The van der Waals surface area contributed by atoms with Gasteiger partial charge >= 0.3 is 0 Å². The second-order valence-corrected chi connectivity index (χ2v) is 4.46. The number of nitriles is 1. The van der Waals surface area contributed by atoms with Crippen molar-refractivity contribution in [1.29, 1.82) is 5.26 Å². The Morgan fingerprint density at radius 2 is 2.25 bits per heavy atom. The van der Waals surface area contributed by atoms with E-state index < -0.39 is 0 Å². The van der Waals surface area contributed by atoms with E-state index in [9.17, 15) is 0 Å². The molecule has 1 saturated heterocycles. The molecule has 1 aliphatic heterocycles. The van der Waals surface area contributed by atoms with E-state index in [0.717, 1.165) is 19.6 Å². The molecule has 0 aromatic carbocycles. The van der Waals surface area contributed by atoms with Crippen LogP contribution in [0.4, 0.5) is 0 Å². The lowest BCUT2D eigenvalue weighted by Crippen LogP contribution is -2.34. The third-order valence-electron chi connectivity index (χ3n) is 3.14. The maximum Gasteiger partial charge on any atom is 0.0625 e. The van der Waals surface area contributed by atoms with Crippen molar-refractivity contribution >= 4 is 0 Å². The molecule has 0 saturated carbocycles. The molecule has 0 bridgehead atoms. The van der Waals surface area contributed by atoms with Crippen molar-refractivity contribution in [3.05, 3.63) is 30.1 Å². The normalized spacial score (nSPS) is 21.6. The molecule has 0 spiro atoms. The summed E-state index contributed by atoms with van der Waals surface area (Å²) >= 11 is 0. The van der Waals surface area contributed by atoms with Gasteiger partial charge in [-0.2, -0.15) is 5.26 Å². The van der Waals surface area contributed by atoms with Crippen LogP contribution in [-0.4, -0.2) is 23.0 Å². The zero-order chi connectivity index (χ0) is 11.2. The molecule has 1 aliphatic rings. The second-order valence-electron chi connectivity index (χ2n) is 4.46. The number of likely N-dealkylation sites (tertiary alicyclic amines) is 1. The van der Waals surface area contributed by atoms with Crippen LogP contribution >= 0.6 is 0 Å². The fourth-order valence-electron chi connectivity index (χ4n) is 2.34. The number of pyridine rings is 1. The molecule has 1 atom stereocenters. The van der Waals surface area contributed by atoms with E-state index in [1.54, 1.807) is 0 Å². The highest BCUT2D eigenvalue weighted by molar-refractivity contribution is 5.09. The number of piperidine rings is 1. The van der Waals surface area contributed by atoms with Crippen molar-refractivity contribution in [3.8, 4) is 6.07 Å². The topological polar surface area (TPSA) is 39.9 Å². The van der Waals surface area contributed by atoms with E-state index >= 15 is 0 Å². The summed E-state index contributed by atoms with van der Waals surface area (Å²) in [7, 11) is 0. The van der Waals surface area contributed by atoms with Gasteiger partial charge in [-0.25, -0.2) is 0 Å². The van der Waals surface area contributed by atoms with Crippen LogP contribution in [0.25, 0.3) is 0 Å². The van der Waals surface area contributed by atoms with Crippen LogP contribution in [0.2, 0.25) is 0 Å². The first-order chi connectivity index (χ1) is 7.88. The first-order valence-electron chi connectivity index (χ1n) is 5.86. The van der Waals surface area contributed by atoms with Crippen molar-refractivity contribution in [2.45, 2.75) is 25.8 Å². The summed E-state index contributed by atoms with van der Waals surface area (Å²) in [6, 6.07) is 6.41. The Labute approximate surface area is 96.7 Å². The van der Waals surface area contributed by atoms with Crippen molar-refractivity contribution in [2.75, 3.05) is 13.1 Å². The van der Waals surface area contributed by atoms with Gasteiger partial charge in [0.05, 0.1) is 6.07 Å². The van der Waals surface area contributed by atoms with Crippen LogP contribution in [0.3, 0.4) is 0 Å². The van der Waals surface area contributed by atoms with Gasteiger partial charge in [0, 0.05) is 31.9 Å². The van der Waals surface area contributed by atoms with Crippen LogP contribution in [0.5, 0.6) is 0 Å². The van der Waals surface area contributed by atoms with E-state index in [0.29, 0.717) is 12.3 Å². The molecule has 84 valence electrons. The molecule has 16 heavy (non-hydrogen) atoms. The highest BCUT2D eigenvalue weighted by Gasteiger charge is 2.19. The van der Waals surface area contributed by atoms with Crippen molar-refractivity contribution in [3.63, 3.8) is 0 Å². The van der Waals surface area contributed by atoms with Crippen LogP contribution in [0, 0.1) is 17.2 Å². The standard InChI is InChI=1S/C13H17N3/c14-6-3-12-2-1-9-16(10-12)11-13-4-7-15-8-5-13/h4-5,7-8,12H,1-3,9-11H2. The highest BCUT2D eigenvalue weighted by Crippen LogP contribution is 2.20. The Balaban J connectivity index is 1.88. The maximum atomic E-state index is 8.72. The zero-order valence-corrected chi connectivity index (χ0v) is 9.47. The number of hydrogen-bond donors (Lipinski definition) is 0. The van der Waals surface area contributed by atoms with Crippen LogP contribution in [0.1, 0.15) is 24.8 Å². The van der Waals surface area contributed by atoms with Crippen molar-refractivity contribution in [2.24, 2.45) is 5.92 Å². The second kappa shape index (κ2) is 5.62. The molecule has 2 heterocycles. The summed E-state index contributed by atoms with van der Waals surface area (Å²) in [5.74, 6) is 0.570. The van der Waals surface area contributed by atoms with E-state index in [-0.39, 0.29) is 0 Å². The van der Waals surface area contributed by atoms with E-state index in [1.165, 1.54) is 18.4 Å². The first-order valence-corrected chi connectivity index (χ1v) is 5.86. The number of nitrogens with zero attached hydrogens (tertiary/aromatic N) is 3. The van der Waals surface area contributed by atoms with E-state index in [2.05, 4.69) is 28.1 Å². The molecule has 1 fully saturated rings. The minimum atomic E-state index is 0.570. The van der Waals surface area contributed by atoms with Crippen molar-refractivity contribution < 1.29 is 0 Å². The molecule has 1 aromatic rings.